The van der Waals surface area contributed by atoms with Gasteiger partial charge in [-0.3, -0.25) is 9.11 Å². The average molecular weight is 377 g/mol. The van der Waals surface area contributed by atoms with Gasteiger partial charge in [0, 0.05) is 61.1 Å². The van der Waals surface area contributed by atoms with Crippen molar-refractivity contribution in [2.45, 2.75) is 57.7 Å². The first-order valence-corrected chi connectivity index (χ1v) is 11.6. The standard InChI is InChI=1S/C21H32N2O2S/c1-17(2)23-9-7-21(8-10-23)6-5-19-15-18(3-4-20(19)25-21)16-22-11-13-26(24)14-12-22/h3-4,15,17H,5-14,16H2,1-2H3. The van der Waals surface area contributed by atoms with E-state index < -0.39 is 10.8 Å². The SMILES string of the molecule is CC(C)N1CCC2(CCc3cc(CN4CCS(=O)CC4)ccc3O2)CC1. The van der Waals surface area contributed by atoms with Crippen molar-refractivity contribution < 1.29 is 8.95 Å². The Labute approximate surface area is 160 Å². The summed E-state index contributed by atoms with van der Waals surface area (Å²) in [5, 5.41) is 0. The van der Waals surface area contributed by atoms with Crippen LogP contribution in [0.15, 0.2) is 18.2 Å². The molecule has 0 N–H and O–H groups in total. The molecular formula is C21H32N2O2S. The largest absolute Gasteiger partial charge is 0.487 e. The van der Waals surface area contributed by atoms with E-state index in [9.17, 15) is 4.21 Å². The molecule has 4 rings (SSSR count). The number of hydrogen-bond acceptors (Lipinski definition) is 4. The molecule has 1 spiro atoms. The Kier molecular flexibility index (Phi) is 5.40. The van der Waals surface area contributed by atoms with Crippen molar-refractivity contribution >= 4 is 10.8 Å². The molecule has 144 valence electrons. The lowest BCUT2D eigenvalue weighted by atomic mass is 9.82. The molecule has 0 radical (unpaired) electrons. The molecule has 4 nitrogen and oxygen atoms in total. The number of piperidine rings is 1. The van der Waals surface area contributed by atoms with Gasteiger partial charge in [0.15, 0.2) is 0 Å². The fourth-order valence-electron chi connectivity index (χ4n) is 4.56. The van der Waals surface area contributed by atoms with Crippen LogP contribution in [0.1, 0.15) is 44.2 Å². The van der Waals surface area contributed by atoms with Crippen LogP contribution in [0.25, 0.3) is 0 Å². The summed E-state index contributed by atoms with van der Waals surface area (Å²) in [6.45, 7) is 9.76. The lowest BCUT2D eigenvalue weighted by Crippen LogP contribution is -2.51. The van der Waals surface area contributed by atoms with Gasteiger partial charge in [-0.05, 0) is 56.7 Å². The van der Waals surface area contributed by atoms with Crippen LogP contribution in [-0.4, -0.2) is 63.3 Å². The van der Waals surface area contributed by atoms with Gasteiger partial charge in [-0.15, -0.1) is 0 Å². The van der Waals surface area contributed by atoms with Gasteiger partial charge in [0.1, 0.15) is 11.4 Å². The molecule has 0 unspecified atom stereocenters. The van der Waals surface area contributed by atoms with Gasteiger partial charge in [-0.1, -0.05) is 12.1 Å². The van der Waals surface area contributed by atoms with E-state index in [-0.39, 0.29) is 5.60 Å². The van der Waals surface area contributed by atoms with Crippen molar-refractivity contribution in [3.05, 3.63) is 29.3 Å². The first-order valence-electron chi connectivity index (χ1n) is 10.2. The molecule has 1 aromatic carbocycles. The third kappa shape index (κ3) is 4.00. The maximum atomic E-state index is 11.5. The van der Waals surface area contributed by atoms with Gasteiger partial charge >= 0.3 is 0 Å². The lowest BCUT2D eigenvalue weighted by molar-refractivity contribution is -0.0212. The molecule has 0 atom stereocenters. The second kappa shape index (κ2) is 7.61. The molecule has 3 heterocycles. The van der Waals surface area contributed by atoms with E-state index in [0.717, 1.165) is 75.7 Å². The molecule has 0 saturated carbocycles. The minimum absolute atomic E-state index is 0.0663. The number of ether oxygens (including phenoxy) is 1. The first-order chi connectivity index (χ1) is 12.5. The number of aryl methyl sites for hydroxylation is 1. The maximum absolute atomic E-state index is 11.5. The predicted octanol–water partition coefficient (Wildman–Crippen LogP) is 2.82. The summed E-state index contributed by atoms with van der Waals surface area (Å²) in [7, 11) is -0.598. The Morgan fingerprint density at radius 1 is 1.12 bits per heavy atom. The molecule has 3 aliphatic heterocycles. The Balaban J connectivity index is 1.39. The predicted molar refractivity (Wildman–Crippen MR) is 107 cm³/mol. The highest BCUT2D eigenvalue weighted by atomic mass is 32.2. The normalized spacial score (nSPS) is 24.6. The summed E-state index contributed by atoms with van der Waals surface area (Å²) in [4.78, 5) is 4.99. The summed E-state index contributed by atoms with van der Waals surface area (Å²) in [5.41, 5.74) is 2.81. The van der Waals surface area contributed by atoms with E-state index in [1.54, 1.807) is 0 Å². The second-order valence-corrected chi connectivity index (χ2v) is 10.2. The quantitative estimate of drug-likeness (QED) is 0.812. The van der Waals surface area contributed by atoms with Crippen LogP contribution < -0.4 is 4.74 Å². The molecule has 0 amide bonds. The molecule has 1 aromatic rings. The van der Waals surface area contributed by atoms with Crippen LogP contribution in [0, 0.1) is 0 Å². The zero-order chi connectivity index (χ0) is 18.1. The van der Waals surface area contributed by atoms with Crippen LogP contribution in [0.5, 0.6) is 5.75 Å². The van der Waals surface area contributed by atoms with Crippen LogP contribution in [0.4, 0.5) is 0 Å². The second-order valence-electron chi connectivity index (χ2n) is 8.48. The van der Waals surface area contributed by atoms with Crippen LogP contribution in [0.2, 0.25) is 0 Å². The number of hydrogen-bond donors (Lipinski definition) is 0. The van der Waals surface area contributed by atoms with Crippen LogP contribution >= 0.6 is 0 Å². The average Bonchev–Trinajstić information content (AvgIpc) is 2.64. The summed E-state index contributed by atoms with van der Waals surface area (Å²) in [5.74, 6) is 2.76. The fraction of sp³-hybridized carbons (Fsp3) is 0.714. The molecule has 3 aliphatic rings. The first kappa shape index (κ1) is 18.5. The molecule has 5 heteroatoms. The Morgan fingerprint density at radius 2 is 1.85 bits per heavy atom. The Hall–Kier alpha value is -0.910. The lowest BCUT2D eigenvalue weighted by Gasteiger charge is -2.45. The van der Waals surface area contributed by atoms with E-state index in [1.807, 2.05) is 0 Å². The minimum Gasteiger partial charge on any atom is -0.487 e. The third-order valence-corrected chi connectivity index (χ3v) is 7.69. The van der Waals surface area contributed by atoms with E-state index in [4.69, 9.17) is 4.74 Å². The van der Waals surface area contributed by atoms with Gasteiger partial charge in [0.25, 0.3) is 0 Å². The van der Waals surface area contributed by atoms with Crippen molar-refractivity contribution in [3.63, 3.8) is 0 Å². The number of fused-ring (bicyclic) bond motifs is 1. The van der Waals surface area contributed by atoms with Crippen LogP contribution in [0.3, 0.4) is 0 Å². The molecule has 0 aromatic heterocycles. The number of nitrogens with zero attached hydrogens (tertiary/aromatic N) is 2. The third-order valence-electron chi connectivity index (χ3n) is 6.42. The van der Waals surface area contributed by atoms with E-state index in [2.05, 4.69) is 41.8 Å². The summed E-state index contributed by atoms with van der Waals surface area (Å²) in [6.07, 6.45) is 4.58. The van der Waals surface area contributed by atoms with Gasteiger partial charge in [0.2, 0.25) is 0 Å². The van der Waals surface area contributed by atoms with Gasteiger partial charge < -0.3 is 9.64 Å². The number of benzene rings is 1. The zero-order valence-corrected chi connectivity index (χ0v) is 17.0. The fourth-order valence-corrected chi connectivity index (χ4v) is 5.69. The van der Waals surface area contributed by atoms with Crippen molar-refractivity contribution in [2.24, 2.45) is 0 Å². The highest BCUT2D eigenvalue weighted by molar-refractivity contribution is 7.85. The zero-order valence-electron chi connectivity index (χ0n) is 16.2. The summed E-state index contributed by atoms with van der Waals surface area (Å²) in [6, 6.07) is 7.41. The van der Waals surface area contributed by atoms with Crippen LogP contribution in [-0.2, 0) is 23.8 Å². The van der Waals surface area contributed by atoms with Crippen molar-refractivity contribution in [2.75, 3.05) is 37.7 Å². The van der Waals surface area contributed by atoms with Crippen molar-refractivity contribution in [1.82, 2.24) is 9.80 Å². The molecule has 0 aliphatic carbocycles. The van der Waals surface area contributed by atoms with E-state index in [1.165, 1.54) is 11.1 Å². The molecular weight excluding hydrogens is 344 g/mol. The Bertz CT molecular complexity index is 658. The van der Waals surface area contributed by atoms with Gasteiger partial charge in [-0.25, -0.2) is 0 Å². The molecule has 0 bridgehead atoms. The van der Waals surface area contributed by atoms with Gasteiger partial charge in [-0.2, -0.15) is 0 Å². The molecule has 2 fully saturated rings. The van der Waals surface area contributed by atoms with Crippen molar-refractivity contribution in [1.29, 1.82) is 0 Å². The van der Waals surface area contributed by atoms with E-state index in [0.29, 0.717) is 6.04 Å². The summed E-state index contributed by atoms with van der Waals surface area (Å²) < 4.78 is 18.1. The number of likely N-dealkylation sites (tertiary alicyclic amines) is 1. The van der Waals surface area contributed by atoms with Crippen molar-refractivity contribution in [3.8, 4) is 5.75 Å². The highest BCUT2D eigenvalue weighted by Crippen LogP contribution is 2.40. The smallest absolute Gasteiger partial charge is 0.123 e. The minimum atomic E-state index is -0.598. The van der Waals surface area contributed by atoms with E-state index >= 15 is 0 Å². The molecule has 26 heavy (non-hydrogen) atoms. The maximum Gasteiger partial charge on any atom is 0.123 e. The molecule has 2 saturated heterocycles. The highest BCUT2D eigenvalue weighted by Gasteiger charge is 2.39. The Morgan fingerprint density at radius 3 is 2.54 bits per heavy atom. The van der Waals surface area contributed by atoms with Gasteiger partial charge in [0.05, 0.1) is 0 Å². The monoisotopic (exact) mass is 376 g/mol. The topological polar surface area (TPSA) is 32.8 Å². The summed E-state index contributed by atoms with van der Waals surface area (Å²) >= 11 is 0. The number of rotatable bonds is 3.